The van der Waals surface area contributed by atoms with Crippen molar-refractivity contribution >= 4 is 22.7 Å². The molecule has 2 aromatic heterocycles. The molecule has 0 aromatic carbocycles. The summed E-state index contributed by atoms with van der Waals surface area (Å²) in [6, 6.07) is 4.58. The number of nitrogens with zero attached hydrogens (tertiary/aromatic N) is 1. The summed E-state index contributed by atoms with van der Waals surface area (Å²) in [5.41, 5.74) is 1.35. The lowest BCUT2D eigenvalue weighted by Crippen LogP contribution is -2.16. The fraction of sp³-hybridized carbons (Fsp3) is 0.462. The van der Waals surface area contributed by atoms with Crippen LogP contribution in [-0.2, 0) is 12.8 Å². The van der Waals surface area contributed by atoms with E-state index < -0.39 is 0 Å². The molecule has 1 aliphatic rings. The van der Waals surface area contributed by atoms with E-state index >= 15 is 0 Å². The van der Waals surface area contributed by atoms with Crippen LogP contribution in [0.3, 0.4) is 0 Å². The number of thiophene rings is 1. The number of fused-ring (bicyclic) bond motifs is 1. The van der Waals surface area contributed by atoms with E-state index in [0.717, 1.165) is 0 Å². The van der Waals surface area contributed by atoms with E-state index in [2.05, 4.69) is 22.8 Å². The number of aromatic nitrogens is 1. The number of nitrogens with one attached hydrogen (secondary N) is 1. The van der Waals surface area contributed by atoms with Crippen LogP contribution in [-0.4, -0.2) is 12.0 Å². The largest absolute Gasteiger partial charge is 0.307 e. The third-order valence-corrected chi connectivity index (χ3v) is 5.38. The Labute approximate surface area is 110 Å². The number of rotatable bonds is 3. The smallest absolute Gasteiger partial charge is 0.115 e. The zero-order valence-corrected chi connectivity index (χ0v) is 11.5. The van der Waals surface area contributed by atoms with E-state index in [1.807, 2.05) is 18.4 Å². The number of thiazole rings is 1. The Morgan fingerprint density at radius 2 is 2.24 bits per heavy atom. The fourth-order valence-electron chi connectivity index (χ4n) is 2.34. The van der Waals surface area contributed by atoms with Crippen LogP contribution in [0.25, 0.3) is 0 Å². The molecule has 0 saturated heterocycles. The third-order valence-electron chi connectivity index (χ3n) is 3.23. The number of hydrogen-bond acceptors (Lipinski definition) is 4. The van der Waals surface area contributed by atoms with Gasteiger partial charge in [0.25, 0.3) is 0 Å². The standard InChI is InChI=1S/C13H16N2S2/c1-14-12(11-7-4-8-16-11)13-15-9-5-2-3-6-10(9)17-13/h4,7-8,12,14H,2-3,5-6H2,1H3. The Morgan fingerprint density at radius 3 is 2.94 bits per heavy atom. The average molecular weight is 264 g/mol. The van der Waals surface area contributed by atoms with Crippen molar-refractivity contribution in [3.8, 4) is 0 Å². The molecule has 0 amide bonds. The van der Waals surface area contributed by atoms with Gasteiger partial charge in [-0.05, 0) is 44.2 Å². The summed E-state index contributed by atoms with van der Waals surface area (Å²) in [6.07, 6.45) is 5.04. The molecular formula is C13H16N2S2. The van der Waals surface area contributed by atoms with Gasteiger partial charge >= 0.3 is 0 Å². The first kappa shape index (κ1) is 11.4. The van der Waals surface area contributed by atoms with Crippen LogP contribution in [0.15, 0.2) is 17.5 Å². The van der Waals surface area contributed by atoms with Gasteiger partial charge in [-0.1, -0.05) is 6.07 Å². The maximum Gasteiger partial charge on any atom is 0.115 e. The molecule has 3 rings (SSSR count). The minimum Gasteiger partial charge on any atom is -0.307 e. The van der Waals surface area contributed by atoms with Gasteiger partial charge in [-0.3, -0.25) is 0 Å². The zero-order chi connectivity index (χ0) is 11.7. The normalized spacial score (nSPS) is 16.8. The molecule has 1 N–H and O–H groups in total. The molecule has 4 heteroatoms. The van der Waals surface area contributed by atoms with Crippen LogP contribution >= 0.6 is 22.7 Å². The van der Waals surface area contributed by atoms with Gasteiger partial charge in [0, 0.05) is 9.75 Å². The summed E-state index contributed by atoms with van der Waals surface area (Å²) in [5, 5.41) is 6.76. The van der Waals surface area contributed by atoms with Crippen molar-refractivity contribution in [1.82, 2.24) is 10.3 Å². The molecule has 0 bridgehead atoms. The summed E-state index contributed by atoms with van der Waals surface area (Å²) in [6.45, 7) is 0. The summed E-state index contributed by atoms with van der Waals surface area (Å²) >= 11 is 3.70. The SMILES string of the molecule is CNC(c1cccs1)c1nc2c(s1)CCCC2. The number of hydrogen-bond donors (Lipinski definition) is 1. The van der Waals surface area contributed by atoms with E-state index in [4.69, 9.17) is 4.98 Å². The molecule has 1 unspecified atom stereocenters. The maximum atomic E-state index is 4.84. The highest BCUT2D eigenvalue weighted by Crippen LogP contribution is 2.33. The van der Waals surface area contributed by atoms with Crippen molar-refractivity contribution in [2.45, 2.75) is 31.7 Å². The van der Waals surface area contributed by atoms with Gasteiger partial charge in [0.15, 0.2) is 0 Å². The molecule has 2 heterocycles. The van der Waals surface area contributed by atoms with E-state index in [9.17, 15) is 0 Å². The van der Waals surface area contributed by atoms with Crippen molar-refractivity contribution in [3.63, 3.8) is 0 Å². The third kappa shape index (κ3) is 2.17. The maximum absolute atomic E-state index is 4.84. The molecular weight excluding hydrogens is 248 g/mol. The summed E-state index contributed by atoms with van der Waals surface area (Å²) < 4.78 is 0. The average Bonchev–Trinajstić information content (AvgIpc) is 2.98. The molecule has 2 nitrogen and oxygen atoms in total. The zero-order valence-electron chi connectivity index (χ0n) is 9.90. The highest BCUT2D eigenvalue weighted by atomic mass is 32.1. The van der Waals surface area contributed by atoms with Gasteiger partial charge in [-0.15, -0.1) is 22.7 Å². The second kappa shape index (κ2) is 4.88. The van der Waals surface area contributed by atoms with E-state index in [1.54, 1.807) is 11.3 Å². The predicted molar refractivity (Wildman–Crippen MR) is 74.0 cm³/mol. The Bertz CT molecular complexity index is 464. The molecule has 0 fully saturated rings. The first-order valence-electron chi connectivity index (χ1n) is 6.07. The first-order chi connectivity index (χ1) is 8.38. The first-order valence-corrected chi connectivity index (χ1v) is 7.77. The van der Waals surface area contributed by atoms with Crippen LogP contribution < -0.4 is 5.32 Å². The Kier molecular flexibility index (Phi) is 3.27. The van der Waals surface area contributed by atoms with Crippen molar-refractivity contribution in [3.05, 3.63) is 38.0 Å². The molecule has 1 aliphatic carbocycles. The Hall–Kier alpha value is -0.710. The predicted octanol–water partition coefficient (Wildman–Crippen LogP) is 3.39. The van der Waals surface area contributed by atoms with E-state index in [1.165, 1.54) is 46.1 Å². The highest BCUT2D eigenvalue weighted by Gasteiger charge is 2.21. The summed E-state index contributed by atoms with van der Waals surface area (Å²) in [5.74, 6) is 0. The van der Waals surface area contributed by atoms with Crippen LogP contribution in [0, 0.1) is 0 Å². The van der Waals surface area contributed by atoms with Gasteiger partial charge in [-0.25, -0.2) is 4.98 Å². The number of aryl methyl sites for hydroxylation is 2. The Balaban J connectivity index is 1.94. The lowest BCUT2D eigenvalue weighted by atomic mass is 10.0. The molecule has 0 saturated carbocycles. The lowest BCUT2D eigenvalue weighted by Gasteiger charge is -2.10. The lowest BCUT2D eigenvalue weighted by molar-refractivity contribution is 0.666. The minimum atomic E-state index is 0.283. The van der Waals surface area contributed by atoms with Gasteiger partial charge < -0.3 is 5.32 Å². The van der Waals surface area contributed by atoms with Crippen LogP contribution in [0.4, 0.5) is 0 Å². The minimum absolute atomic E-state index is 0.283. The van der Waals surface area contributed by atoms with Gasteiger partial charge in [-0.2, -0.15) is 0 Å². The molecule has 2 aromatic rings. The van der Waals surface area contributed by atoms with Crippen molar-refractivity contribution < 1.29 is 0 Å². The van der Waals surface area contributed by atoms with Crippen molar-refractivity contribution in [2.75, 3.05) is 7.05 Å². The Morgan fingerprint density at radius 1 is 1.35 bits per heavy atom. The quantitative estimate of drug-likeness (QED) is 0.919. The monoisotopic (exact) mass is 264 g/mol. The van der Waals surface area contributed by atoms with E-state index in [-0.39, 0.29) is 6.04 Å². The van der Waals surface area contributed by atoms with Crippen LogP contribution in [0.1, 0.15) is 39.3 Å². The molecule has 17 heavy (non-hydrogen) atoms. The molecule has 90 valence electrons. The van der Waals surface area contributed by atoms with Crippen LogP contribution in [0.5, 0.6) is 0 Å². The highest BCUT2D eigenvalue weighted by molar-refractivity contribution is 7.12. The van der Waals surface area contributed by atoms with Crippen molar-refractivity contribution in [1.29, 1.82) is 0 Å². The van der Waals surface area contributed by atoms with Crippen molar-refractivity contribution in [2.24, 2.45) is 0 Å². The van der Waals surface area contributed by atoms with Gasteiger partial charge in [0.1, 0.15) is 5.01 Å². The molecule has 1 atom stereocenters. The molecule has 0 radical (unpaired) electrons. The summed E-state index contributed by atoms with van der Waals surface area (Å²) in [7, 11) is 2.02. The summed E-state index contributed by atoms with van der Waals surface area (Å²) in [4.78, 5) is 7.72. The van der Waals surface area contributed by atoms with E-state index in [0.29, 0.717) is 0 Å². The van der Waals surface area contributed by atoms with Crippen LogP contribution in [0.2, 0.25) is 0 Å². The molecule has 0 aliphatic heterocycles. The second-order valence-corrected chi connectivity index (χ2v) is 6.46. The molecule has 0 spiro atoms. The van der Waals surface area contributed by atoms with Gasteiger partial charge in [0.05, 0.1) is 11.7 Å². The fourth-order valence-corrected chi connectivity index (χ4v) is 4.53. The topological polar surface area (TPSA) is 24.9 Å². The second-order valence-electron chi connectivity index (χ2n) is 4.37. The van der Waals surface area contributed by atoms with Gasteiger partial charge in [0.2, 0.25) is 0 Å².